The van der Waals surface area contributed by atoms with Gasteiger partial charge in [0.05, 0.1) is 13.2 Å². The van der Waals surface area contributed by atoms with Crippen LogP contribution in [0.25, 0.3) is 0 Å². The lowest BCUT2D eigenvalue weighted by molar-refractivity contribution is -0.125. The molecule has 0 atom stereocenters. The Balaban J connectivity index is 0. The Labute approximate surface area is 158 Å². The number of nitrogens with two attached hydrogens (primary N) is 1. The molecule has 4 N–H and O–H groups in total. The van der Waals surface area contributed by atoms with E-state index >= 15 is 0 Å². The van der Waals surface area contributed by atoms with Gasteiger partial charge in [0, 0.05) is 33.2 Å². The summed E-state index contributed by atoms with van der Waals surface area (Å²) in [5, 5.41) is 5.48. The zero-order valence-electron chi connectivity index (χ0n) is 16.8. The first kappa shape index (κ1) is 27.0. The molecule has 8 nitrogen and oxygen atoms in total. The molecule has 0 aliphatic rings. The van der Waals surface area contributed by atoms with Crippen LogP contribution in [-0.4, -0.2) is 57.9 Å². The van der Waals surface area contributed by atoms with Crippen LogP contribution in [0.1, 0.15) is 59.3 Å². The molecule has 0 unspecified atom stereocenters. The SMILES string of the molecule is CC.CC(=O)NCCCCCOCCOCCCCCNC(=O)CON. The fourth-order valence-electron chi connectivity index (χ4n) is 1.95. The van der Waals surface area contributed by atoms with E-state index in [1.807, 2.05) is 13.8 Å². The highest BCUT2D eigenvalue weighted by atomic mass is 16.6. The summed E-state index contributed by atoms with van der Waals surface area (Å²) in [6.07, 6.45) is 5.91. The molecular formula is C18H39N3O5. The van der Waals surface area contributed by atoms with Gasteiger partial charge in [-0.2, -0.15) is 0 Å². The zero-order chi connectivity index (χ0) is 19.9. The molecule has 0 aliphatic carbocycles. The smallest absolute Gasteiger partial charge is 0.248 e. The van der Waals surface area contributed by atoms with Crippen LogP contribution < -0.4 is 16.5 Å². The van der Waals surface area contributed by atoms with Gasteiger partial charge in [-0.25, -0.2) is 5.90 Å². The van der Waals surface area contributed by atoms with Crippen molar-refractivity contribution in [2.75, 3.05) is 46.1 Å². The van der Waals surface area contributed by atoms with Crippen LogP contribution in [0.4, 0.5) is 0 Å². The van der Waals surface area contributed by atoms with Crippen molar-refractivity contribution in [1.82, 2.24) is 10.6 Å². The van der Waals surface area contributed by atoms with Crippen molar-refractivity contribution in [1.29, 1.82) is 0 Å². The molecule has 0 heterocycles. The molecule has 156 valence electrons. The second-order valence-electron chi connectivity index (χ2n) is 5.49. The van der Waals surface area contributed by atoms with Crippen molar-refractivity contribution < 1.29 is 23.9 Å². The highest BCUT2D eigenvalue weighted by molar-refractivity contribution is 5.77. The van der Waals surface area contributed by atoms with Gasteiger partial charge in [-0.3, -0.25) is 14.4 Å². The minimum absolute atomic E-state index is 0.0225. The fraction of sp³-hybridized carbons (Fsp3) is 0.889. The molecule has 0 fully saturated rings. The van der Waals surface area contributed by atoms with Gasteiger partial charge in [-0.05, 0) is 38.5 Å². The lowest BCUT2D eigenvalue weighted by atomic mass is 10.2. The van der Waals surface area contributed by atoms with Crippen LogP contribution in [0.5, 0.6) is 0 Å². The predicted molar refractivity (Wildman–Crippen MR) is 103 cm³/mol. The Morgan fingerprint density at radius 1 is 0.769 bits per heavy atom. The number of carbonyl (C=O) groups is 2. The second kappa shape index (κ2) is 23.8. The van der Waals surface area contributed by atoms with E-state index in [1.165, 1.54) is 6.92 Å². The second-order valence-corrected chi connectivity index (χ2v) is 5.49. The average molecular weight is 378 g/mol. The van der Waals surface area contributed by atoms with E-state index in [2.05, 4.69) is 15.5 Å². The molecule has 2 amide bonds. The van der Waals surface area contributed by atoms with Crippen molar-refractivity contribution in [3.63, 3.8) is 0 Å². The largest absolute Gasteiger partial charge is 0.379 e. The highest BCUT2D eigenvalue weighted by Crippen LogP contribution is 1.96. The summed E-state index contributed by atoms with van der Waals surface area (Å²) in [5.74, 6) is 4.62. The van der Waals surface area contributed by atoms with Gasteiger partial charge in [0.15, 0.2) is 0 Å². The van der Waals surface area contributed by atoms with Crippen molar-refractivity contribution in [2.24, 2.45) is 5.90 Å². The summed E-state index contributed by atoms with van der Waals surface area (Å²) in [4.78, 5) is 25.9. The molecule has 26 heavy (non-hydrogen) atoms. The summed E-state index contributed by atoms with van der Waals surface area (Å²) >= 11 is 0. The number of amides is 2. The van der Waals surface area contributed by atoms with E-state index in [-0.39, 0.29) is 18.4 Å². The van der Waals surface area contributed by atoms with Crippen molar-refractivity contribution in [3.8, 4) is 0 Å². The van der Waals surface area contributed by atoms with Crippen molar-refractivity contribution in [2.45, 2.75) is 59.3 Å². The van der Waals surface area contributed by atoms with E-state index in [1.54, 1.807) is 0 Å². The molecule has 0 aliphatic heterocycles. The summed E-state index contributed by atoms with van der Waals surface area (Å²) in [6.45, 7) is 9.46. The lowest BCUT2D eigenvalue weighted by Gasteiger charge is -2.07. The average Bonchev–Trinajstić information content (AvgIpc) is 2.63. The summed E-state index contributed by atoms with van der Waals surface area (Å²) in [7, 11) is 0. The van der Waals surface area contributed by atoms with E-state index in [4.69, 9.17) is 15.4 Å². The highest BCUT2D eigenvalue weighted by Gasteiger charge is 1.98. The minimum Gasteiger partial charge on any atom is -0.379 e. The molecule has 0 saturated carbocycles. The number of nitrogens with one attached hydrogen (secondary N) is 2. The Hall–Kier alpha value is -1.22. The third-order valence-corrected chi connectivity index (χ3v) is 3.21. The van der Waals surface area contributed by atoms with Crippen LogP contribution in [0.2, 0.25) is 0 Å². The van der Waals surface area contributed by atoms with Gasteiger partial charge in [-0.15, -0.1) is 0 Å². The molecule has 8 heteroatoms. The first-order valence-corrected chi connectivity index (χ1v) is 9.65. The molecule has 0 rings (SSSR count). The third-order valence-electron chi connectivity index (χ3n) is 3.21. The summed E-state index contributed by atoms with van der Waals surface area (Å²) < 4.78 is 10.9. The monoisotopic (exact) mass is 377 g/mol. The zero-order valence-corrected chi connectivity index (χ0v) is 16.8. The fourth-order valence-corrected chi connectivity index (χ4v) is 1.95. The molecule has 0 spiro atoms. The quantitative estimate of drug-likeness (QED) is 0.262. The molecule has 0 aromatic heterocycles. The van der Waals surface area contributed by atoms with Crippen LogP contribution in [0, 0.1) is 0 Å². The topological polar surface area (TPSA) is 112 Å². The standard InChI is InChI=1S/C16H33N3O5.C2H6/c1-15(20)18-8-4-2-6-10-22-12-13-23-11-7-3-5-9-19-16(21)14-24-17;1-2/h2-14,17H2,1H3,(H,18,20)(H,19,21);1-2H3. The Bertz CT molecular complexity index is 317. The number of unbranched alkanes of at least 4 members (excludes halogenated alkanes) is 4. The minimum atomic E-state index is -0.194. The lowest BCUT2D eigenvalue weighted by Crippen LogP contribution is -2.29. The van der Waals surface area contributed by atoms with Gasteiger partial charge in [-0.1, -0.05) is 13.8 Å². The van der Waals surface area contributed by atoms with Gasteiger partial charge < -0.3 is 20.1 Å². The predicted octanol–water partition coefficient (Wildman–Crippen LogP) is 1.53. The third kappa shape index (κ3) is 25.0. The van der Waals surface area contributed by atoms with Crippen LogP contribution >= 0.6 is 0 Å². The Morgan fingerprint density at radius 3 is 1.73 bits per heavy atom. The molecular weight excluding hydrogens is 338 g/mol. The normalized spacial score (nSPS) is 10.0. The molecule has 0 aromatic rings. The first-order chi connectivity index (χ1) is 12.7. The Morgan fingerprint density at radius 2 is 1.27 bits per heavy atom. The van der Waals surface area contributed by atoms with E-state index in [9.17, 15) is 9.59 Å². The molecule has 0 saturated heterocycles. The van der Waals surface area contributed by atoms with Gasteiger partial charge >= 0.3 is 0 Å². The maximum absolute atomic E-state index is 11.0. The van der Waals surface area contributed by atoms with E-state index < -0.39 is 0 Å². The van der Waals surface area contributed by atoms with E-state index in [0.29, 0.717) is 26.4 Å². The van der Waals surface area contributed by atoms with Gasteiger partial charge in [0.25, 0.3) is 0 Å². The number of rotatable bonds is 17. The van der Waals surface area contributed by atoms with Crippen LogP contribution in [-0.2, 0) is 23.9 Å². The van der Waals surface area contributed by atoms with Gasteiger partial charge in [0.1, 0.15) is 6.61 Å². The number of hydrogen-bond acceptors (Lipinski definition) is 6. The number of hydrogen-bond donors (Lipinski definition) is 3. The Kier molecular flexibility index (Phi) is 24.7. The van der Waals surface area contributed by atoms with Crippen molar-refractivity contribution in [3.05, 3.63) is 0 Å². The summed E-state index contributed by atoms with van der Waals surface area (Å²) in [5.41, 5.74) is 0. The number of ether oxygens (including phenoxy) is 2. The van der Waals surface area contributed by atoms with Crippen LogP contribution in [0.3, 0.4) is 0 Å². The van der Waals surface area contributed by atoms with Crippen LogP contribution in [0.15, 0.2) is 0 Å². The molecule has 0 bridgehead atoms. The maximum Gasteiger partial charge on any atom is 0.248 e. The molecule has 0 radical (unpaired) electrons. The number of carbonyl (C=O) groups excluding carboxylic acids is 2. The first-order valence-electron chi connectivity index (χ1n) is 9.65. The van der Waals surface area contributed by atoms with E-state index in [0.717, 1.165) is 51.7 Å². The van der Waals surface area contributed by atoms with Gasteiger partial charge in [0.2, 0.25) is 11.8 Å². The van der Waals surface area contributed by atoms with Crippen molar-refractivity contribution >= 4 is 11.8 Å². The summed E-state index contributed by atoms with van der Waals surface area (Å²) in [6, 6.07) is 0. The molecule has 0 aromatic carbocycles. The maximum atomic E-state index is 11.0.